The van der Waals surface area contributed by atoms with Crippen molar-refractivity contribution in [1.29, 1.82) is 5.26 Å². The molecule has 1 amide bonds. The van der Waals surface area contributed by atoms with Crippen molar-refractivity contribution >= 4 is 5.91 Å². The molecule has 2 fully saturated rings. The molecule has 0 aliphatic carbocycles. The maximum atomic E-state index is 12.3. The number of amides is 1. The largest absolute Gasteiger partial charge is 0.573 e. The molecule has 140 valence electrons. The van der Waals surface area contributed by atoms with Crippen LogP contribution in [0.1, 0.15) is 12.0 Å². The first-order chi connectivity index (χ1) is 12.3. The average molecular weight is 369 g/mol. The third kappa shape index (κ3) is 4.63. The topological polar surface area (TPSA) is 89.4 Å². The van der Waals surface area contributed by atoms with Crippen LogP contribution >= 0.6 is 0 Å². The van der Waals surface area contributed by atoms with E-state index < -0.39 is 6.36 Å². The van der Waals surface area contributed by atoms with E-state index in [9.17, 15) is 18.0 Å². The molecule has 2 aliphatic rings. The van der Waals surface area contributed by atoms with E-state index in [2.05, 4.69) is 31.9 Å². The number of hydrogen-bond donors (Lipinski definition) is 3. The fourth-order valence-electron chi connectivity index (χ4n) is 3.07. The van der Waals surface area contributed by atoms with Gasteiger partial charge in [-0.05, 0) is 24.1 Å². The van der Waals surface area contributed by atoms with Crippen molar-refractivity contribution in [2.24, 2.45) is 5.92 Å². The third-order valence-corrected chi connectivity index (χ3v) is 4.31. The monoisotopic (exact) mass is 369 g/mol. The maximum absolute atomic E-state index is 12.3. The van der Waals surface area contributed by atoms with Crippen molar-refractivity contribution in [2.45, 2.75) is 31.5 Å². The first-order valence-corrected chi connectivity index (χ1v) is 8.13. The van der Waals surface area contributed by atoms with Gasteiger partial charge in [0, 0.05) is 13.1 Å². The minimum absolute atomic E-state index is 0.00914. The zero-order valence-corrected chi connectivity index (χ0v) is 13.7. The number of nitriles is 1. The van der Waals surface area contributed by atoms with Crippen LogP contribution in [0.25, 0.3) is 0 Å². The molecule has 3 atom stereocenters. The average Bonchev–Trinajstić information content (AvgIpc) is 2.98. The summed E-state index contributed by atoms with van der Waals surface area (Å²) in [5.41, 5.74) is 6.29. The first kappa shape index (κ1) is 18.4. The molecule has 1 aromatic rings. The van der Waals surface area contributed by atoms with Gasteiger partial charge in [-0.15, -0.1) is 13.2 Å². The summed E-state index contributed by atoms with van der Waals surface area (Å²) in [5, 5.41) is 11.8. The highest BCUT2D eigenvalue weighted by molar-refractivity contribution is 5.79. The molecule has 3 rings (SSSR count). The molecule has 2 heterocycles. The zero-order chi connectivity index (χ0) is 18.7. The van der Waals surface area contributed by atoms with E-state index in [1.165, 1.54) is 18.2 Å². The van der Waals surface area contributed by atoms with Gasteiger partial charge in [0.1, 0.15) is 18.1 Å². The van der Waals surface area contributed by atoms with E-state index in [1.54, 1.807) is 6.07 Å². The lowest BCUT2D eigenvalue weighted by Gasteiger charge is -2.44. The standard InChI is InChI=1S/C16H18F3N5O2/c17-16(18,19)26-12-3-1-2-10(6-12)7-13(25)21-14-15(23-22-14)24-5-4-11(8-20)9-24/h1-3,6,11,14-15,22-23H,4-5,7,9H2,(H,21,25)/t11?,14-,15?/m1/s1. The summed E-state index contributed by atoms with van der Waals surface area (Å²) in [6.07, 6.45) is -4.49. The van der Waals surface area contributed by atoms with Crippen LogP contribution in [-0.4, -0.2) is 42.6 Å². The van der Waals surface area contributed by atoms with Crippen molar-refractivity contribution in [1.82, 2.24) is 21.1 Å². The van der Waals surface area contributed by atoms with E-state index in [0.29, 0.717) is 12.1 Å². The number of alkyl halides is 3. The SMILES string of the molecule is N#CC1CCN(C2NN[C@H]2NC(=O)Cc2cccc(OC(F)(F)F)c2)C1. The number of carbonyl (C=O) groups is 1. The van der Waals surface area contributed by atoms with Gasteiger partial charge in [-0.3, -0.25) is 9.69 Å². The number of likely N-dealkylation sites (tertiary alicyclic amines) is 1. The molecule has 7 nitrogen and oxygen atoms in total. The molecule has 0 aromatic heterocycles. The van der Waals surface area contributed by atoms with Gasteiger partial charge >= 0.3 is 6.36 Å². The highest BCUT2D eigenvalue weighted by Crippen LogP contribution is 2.23. The fraction of sp³-hybridized carbons (Fsp3) is 0.500. The van der Waals surface area contributed by atoms with Crippen LogP contribution in [0.2, 0.25) is 0 Å². The molecule has 2 saturated heterocycles. The van der Waals surface area contributed by atoms with E-state index in [-0.39, 0.29) is 36.3 Å². The van der Waals surface area contributed by atoms with Crippen LogP contribution in [0.5, 0.6) is 5.75 Å². The lowest BCUT2D eigenvalue weighted by Crippen LogP contribution is -2.78. The van der Waals surface area contributed by atoms with Crippen molar-refractivity contribution in [3.05, 3.63) is 29.8 Å². The van der Waals surface area contributed by atoms with Gasteiger partial charge < -0.3 is 10.1 Å². The normalized spacial score (nSPS) is 26.0. The molecule has 2 unspecified atom stereocenters. The van der Waals surface area contributed by atoms with Crippen molar-refractivity contribution in [3.63, 3.8) is 0 Å². The molecule has 0 radical (unpaired) electrons. The van der Waals surface area contributed by atoms with Gasteiger partial charge in [-0.2, -0.15) is 5.26 Å². The van der Waals surface area contributed by atoms with Crippen molar-refractivity contribution in [2.75, 3.05) is 13.1 Å². The van der Waals surface area contributed by atoms with E-state index in [4.69, 9.17) is 5.26 Å². The summed E-state index contributed by atoms with van der Waals surface area (Å²) in [4.78, 5) is 14.3. The molecule has 26 heavy (non-hydrogen) atoms. The summed E-state index contributed by atoms with van der Waals surface area (Å²) in [6, 6.07) is 7.57. The molecule has 3 N–H and O–H groups in total. The zero-order valence-electron chi connectivity index (χ0n) is 13.7. The number of hydrazine groups is 1. The molecule has 0 saturated carbocycles. The molecular weight excluding hydrogens is 351 g/mol. The summed E-state index contributed by atoms with van der Waals surface area (Å²) in [6.45, 7) is 1.40. The second-order valence-electron chi connectivity index (χ2n) is 6.26. The Balaban J connectivity index is 1.52. The van der Waals surface area contributed by atoms with Crippen LogP contribution < -0.4 is 20.9 Å². The predicted octanol–water partition coefficient (Wildman–Crippen LogP) is 0.849. The minimum Gasteiger partial charge on any atom is -0.406 e. The third-order valence-electron chi connectivity index (χ3n) is 4.31. The van der Waals surface area contributed by atoms with E-state index >= 15 is 0 Å². The molecular formula is C16H18F3N5O2. The van der Waals surface area contributed by atoms with Crippen LogP contribution in [0.4, 0.5) is 13.2 Å². The summed E-state index contributed by atoms with van der Waals surface area (Å²) in [5.74, 6) is -0.692. The molecule has 1 aromatic carbocycles. The maximum Gasteiger partial charge on any atom is 0.573 e. The van der Waals surface area contributed by atoms with Gasteiger partial charge in [0.25, 0.3) is 0 Å². The lowest BCUT2D eigenvalue weighted by atomic mass is 10.1. The highest BCUT2D eigenvalue weighted by atomic mass is 19.4. The van der Waals surface area contributed by atoms with E-state index in [0.717, 1.165) is 13.0 Å². The predicted molar refractivity (Wildman–Crippen MR) is 84.1 cm³/mol. The van der Waals surface area contributed by atoms with Crippen LogP contribution in [0, 0.1) is 17.2 Å². The Kier molecular flexibility index (Phi) is 5.31. The number of rotatable bonds is 5. The number of carbonyl (C=O) groups excluding carboxylic acids is 1. The Labute approximate surface area is 148 Å². The lowest BCUT2D eigenvalue weighted by molar-refractivity contribution is -0.274. The fourth-order valence-corrected chi connectivity index (χ4v) is 3.07. The number of benzene rings is 1. The summed E-state index contributed by atoms with van der Waals surface area (Å²) < 4.78 is 40.6. The molecule has 0 spiro atoms. The van der Waals surface area contributed by atoms with Gasteiger partial charge in [-0.25, -0.2) is 10.9 Å². The minimum atomic E-state index is -4.77. The highest BCUT2D eigenvalue weighted by Gasteiger charge is 2.39. The Morgan fingerprint density at radius 3 is 2.85 bits per heavy atom. The van der Waals surface area contributed by atoms with Crippen molar-refractivity contribution in [3.8, 4) is 11.8 Å². The van der Waals surface area contributed by atoms with Gasteiger partial charge in [0.05, 0.1) is 18.4 Å². The van der Waals surface area contributed by atoms with Gasteiger partial charge in [0.15, 0.2) is 0 Å². The molecule has 2 aliphatic heterocycles. The smallest absolute Gasteiger partial charge is 0.406 e. The van der Waals surface area contributed by atoms with Gasteiger partial charge in [0.2, 0.25) is 5.91 Å². The molecule has 10 heteroatoms. The van der Waals surface area contributed by atoms with Crippen LogP contribution in [-0.2, 0) is 11.2 Å². The molecule has 0 bridgehead atoms. The van der Waals surface area contributed by atoms with Crippen LogP contribution in [0.15, 0.2) is 24.3 Å². The Bertz CT molecular complexity index is 706. The summed E-state index contributed by atoms with van der Waals surface area (Å²) >= 11 is 0. The van der Waals surface area contributed by atoms with Crippen LogP contribution in [0.3, 0.4) is 0 Å². The number of halogens is 3. The van der Waals surface area contributed by atoms with E-state index in [1.807, 2.05) is 0 Å². The second kappa shape index (κ2) is 7.49. The van der Waals surface area contributed by atoms with Crippen molar-refractivity contribution < 1.29 is 22.7 Å². The number of nitrogens with zero attached hydrogens (tertiary/aromatic N) is 2. The quantitative estimate of drug-likeness (QED) is 0.713. The number of ether oxygens (including phenoxy) is 1. The Morgan fingerprint density at radius 1 is 1.42 bits per heavy atom. The van der Waals surface area contributed by atoms with Gasteiger partial charge in [-0.1, -0.05) is 12.1 Å². The number of hydrogen-bond acceptors (Lipinski definition) is 6. The Hall–Kier alpha value is -2.35. The summed E-state index contributed by atoms with van der Waals surface area (Å²) in [7, 11) is 0. The second-order valence-corrected chi connectivity index (χ2v) is 6.26. The first-order valence-electron chi connectivity index (χ1n) is 8.13. The number of nitrogens with one attached hydrogen (secondary N) is 3. The Morgan fingerprint density at radius 2 is 2.23 bits per heavy atom.